The molecule has 0 aromatic heterocycles. The van der Waals surface area contributed by atoms with Gasteiger partial charge < -0.3 is 19.8 Å². The van der Waals surface area contributed by atoms with Crippen molar-refractivity contribution in [3.05, 3.63) is 76.1 Å². The van der Waals surface area contributed by atoms with Gasteiger partial charge in [-0.2, -0.15) is 8.78 Å². The van der Waals surface area contributed by atoms with E-state index in [1.807, 2.05) is 11.9 Å². The molecule has 184 valence electrons. The summed E-state index contributed by atoms with van der Waals surface area (Å²) < 4.78 is 74.1. The fourth-order valence-electron chi connectivity index (χ4n) is 3.20. The molecule has 1 aliphatic heterocycles. The van der Waals surface area contributed by atoms with Crippen molar-refractivity contribution < 1.29 is 46.5 Å². The highest BCUT2D eigenvalue weighted by atomic mass is 35.5. The average Bonchev–Trinajstić information content (AvgIpc) is 2.80. The number of benzene rings is 2. The number of carboxylic acid groups (broad SMARTS) is 2. The molecule has 2 aromatic carbocycles. The van der Waals surface area contributed by atoms with Crippen LogP contribution in [-0.2, 0) is 15.2 Å². The number of carbonyl (C=O) groups is 2. The Morgan fingerprint density at radius 3 is 1.71 bits per heavy atom. The minimum Gasteiger partial charge on any atom is -0.478 e. The Labute approximate surface area is 195 Å². The summed E-state index contributed by atoms with van der Waals surface area (Å²) in [6, 6.07) is 6.41. The molecular formula is C22H19ClF5NO5. The zero-order valence-electron chi connectivity index (χ0n) is 17.6. The first-order chi connectivity index (χ1) is 15.9. The molecule has 34 heavy (non-hydrogen) atoms. The second-order valence-electron chi connectivity index (χ2n) is 7.32. The van der Waals surface area contributed by atoms with Crippen LogP contribution in [0.2, 0.25) is 5.02 Å². The van der Waals surface area contributed by atoms with Crippen LogP contribution in [0.3, 0.4) is 0 Å². The molecule has 0 atom stereocenters. The van der Waals surface area contributed by atoms with Gasteiger partial charge in [0.2, 0.25) is 29.1 Å². The van der Waals surface area contributed by atoms with E-state index in [1.54, 1.807) is 24.3 Å². The van der Waals surface area contributed by atoms with Crippen molar-refractivity contribution in [2.24, 2.45) is 0 Å². The number of nitrogens with zero attached hydrogens (tertiary/aromatic N) is 1. The maximum Gasteiger partial charge on any atom is 0.328 e. The molecule has 2 aromatic rings. The number of carboxylic acids is 2. The molecule has 1 fully saturated rings. The highest BCUT2D eigenvalue weighted by molar-refractivity contribution is 6.30. The van der Waals surface area contributed by atoms with E-state index in [4.69, 9.17) is 26.6 Å². The summed E-state index contributed by atoms with van der Waals surface area (Å²) in [5.74, 6) is -14.0. The molecule has 12 heteroatoms. The van der Waals surface area contributed by atoms with Crippen molar-refractivity contribution in [1.82, 2.24) is 4.90 Å². The van der Waals surface area contributed by atoms with Crippen LogP contribution in [0, 0.1) is 29.1 Å². The van der Waals surface area contributed by atoms with Gasteiger partial charge in [0.1, 0.15) is 5.60 Å². The van der Waals surface area contributed by atoms with Crippen molar-refractivity contribution >= 4 is 23.5 Å². The standard InChI is InChI=1S/C18H15ClF5NO.C4H4O4/c1-25-8-6-18(7-9-25,10-2-4-11(19)5-3-10)26-17-15(23)13(21)12(20)14(22)16(17)24;5-3(6)1-2-4(7)8/h2-5H,6-9H2,1H3;1-2H,(H,5,6)(H,7,8)/b;2-1+. The third kappa shape index (κ3) is 6.45. The molecular weight excluding hydrogens is 489 g/mol. The number of piperidine rings is 1. The van der Waals surface area contributed by atoms with Crippen LogP contribution in [0.1, 0.15) is 18.4 Å². The van der Waals surface area contributed by atoms with Crippen LogP contribution in [0.4, 0.5) is 22.0 Å². The maximum atomic E-state index is 14.1. The van der Waals surface area contributed by atoms with Crippen LogP contribution in [0.5, 0.6) is 5.75 Å². The zero-order chi connectivity index (χ0) is 25.6. The van der Waals surface area contributed by atoms with Gasteiger partial charge in [-0.25, -0.2) is 22.8 Å². The van der Waals surface area contributed by atoms with Crippen LogP contribution in [0.15, 0.2) is 36.4 Å². The molecule has 6 nitrogen and oxygen atoms in total. The SMILES string of the molecule is CN1CCC(Oc2c(F)c(F)c(F)c(F)c2F)(c2ccc(Cl)cc2)CC1.O=C(O)/C=C/C(=O)O. The van der Waals surface area contributed by atoms with Crippen LogP contribution in [0.25, 0.3) is 0 Å². The largest absolute Gasteiger partial charge is 0.478 e. The van der Waals surface area contributed by atoms with Gasteiger partial charge in [0.15, 0.2) is 5.75 Å². The molecule has 0 saturated carbocycles. The van der Waals surface area contributed by atoms with E-state index in [0.29, 0.717) is 48.7 Å². The molecule has 0 bridgehead atoms. The molecule has 0 unspecified atom stereocenters. The summed E-state index contributed by atoms with van der Waals surface area (Å²) >= 11 is 5.88. The normalized spacial score (nSPS) is 15.5. The van der Waals surface area contributed by atoms with Crippen molar-refractivity contribution in [3.63, 3.8) is 0 Å². The number of ether oxygens (including phenoxy) is 1. The smallest absolute Gasteiger partial charge is 0.328 e. The number of rotatable bonds is 5. The lowest BCUT2D eigenvalue weighted by Crippen LogP contribution is -2.45. The van der Waals surface area contributed by atoms with Crippen LogP contribution in [-0.4, -0.2) is 47.2 Å². The van der Waals surface area contributed by atoms with Crippen LogP contribution >= 0.6 is 11.6 Å². The highest BCUT2D eigenvalue weighted by Crippen LogP contribution is 2.41. The highest BCUT2D eigenvalue weighted by Gasteiger charge is 2.40. The van der Waals surface area contributed by atoms with Gasteiger partial charge in [-0.15, -0.1) is 0 Å². The van der Waals surface area contributed by atoms with E-state index < -0.39 is 52.4 Å². The molecule has 0 spiro atoms. The van der Waals surface area contributed by atoms with E-state index in [9.17, 15) is 31.5 Å². The predicted molar refractivity (Wildman–Crippen MR) is 111 cm³/mol. The summed E-state index contributed by atoms with van der Waals surface area (Å²) in [6.45, 7) is 1.05. The minimum absolute atomic E-state index is 0.310. The van der Waals surface area contributed by atoms with E-state index in [1.165, 1.54) is 0 Å². The number of halogens is 6. The molecule has 1 heterocycles. The lowest BCUT2D eigenvalue weighted by molar-refractivity contribution is -0.134. The molecule has 0 radical (unpaired) electrons. The molecule has 0 aliphatic carbocycles. The average molecular weight is 508 g/mol. The molecule has 1 aliphatic rings. The van der Waals surface area contributed by atoms with Crippen molar-refractivity contribution in [3.8, 4) is 5.75 Å². The first kappa shape index (κ1) is 27.1. The van der Waals surface area contributed by atoms with E-state index >= 15 is 0 Å². The summed E-state index contributed by atoms with van der Waals surface area (Å²) in [4.78, 5) is 21.1. The van der Waals surface area contributed by atoms with E-state index in [-0.39, 0.29) is 0 Å². The monoisotopic (exact) mass is 507 g/mol. The Morgan fingerprint density at radius 2 is 1.29 bits per heavy atom. The number of aliphatic carboxylic acids is 2. The third-order valence-corrected chi connectivity index (χ3v) is 5.25. The van der Waals surface area contributed by atoms with Gasteiger partial charge in [0, 0.05) is 43.1 Å². The second kappa shape index (κ2) is 11.3. The molecule has 2 N–H and O–H groups in total. The van der Waals surface area contributed by atoms with Crippen molar-refractivity contribution in [2.45, 2.75) is 18.4 Å². The second-order valence-corrected chi connectivity index (χ2v) is 7.75. The molecule has 1 saturated heterocycles. The Bertz CT molecular complexity index is 1040. The fourth-order valence-corrected chi connectivity index (χ4v) is 3.32. The Hall–Kier alpha value is -3.18. The van der Waals surface area contributed by atoms with E-state index in [2.05, 4.69) is 0 Å². The zero-order valence-corrected chi connectivity index (χ0v) is 18.4. The third-order valence-electron chi connectivity index (χ3n) is 5.00. The fraction of sp³-hybridized carbons (Fsp3) is 0.273. The first-order valence-electron chi connectivity index (χ1n) is 9.67. The van der Waals surface area contributed by atoms with Gasteiger partial charge in [-0.05, 0) is 24.7 Å². The minimum atomic E-state index is -2.21. The summed E-state index contributed by atoms with van der Waals surface area (Å²) in [5.41, 5.74) is -0.672. The first-order valence-corrected chi connectivity index (χ1v) is 10.0. The van der Waals surface area contributed by atoms with E-state index in [0.717, 1.165) is 0 Å². The molecule has 3 rings (SSSR count). The van der Waals surface area contributed by atoms with Crippen molar-refractivity contribution in [1.29, 1.82) is 0 Å². The molecule has 0 amide bonds. The predicted octanol–water partition coefficient (Wildman–Crippen LogP) is 4.75. The Morgan fingerprint density at radius 1 is 0.882 bits per heavy atom. The number of hydrogen-bond donors (Lipinski definition) is 2. The topological polar surface area (TPSA) is 87.1 Å². The lowest BCUT2D eigenvalue weighted by Gasteiger charge is -2.41. The Kier molecular flexibility index (Phi) is 9.00. The summed E-state index contributed by atoms with van der Waals surface area (Å²) in [5, 5.41) is 16.1. The van der Waals surface area contributed by atoms with Crippen LogP contribution < -0.4 is 4.74 Å². The lowest BCUT2D eigenvalue weighted by atomic mass is 9.84. The van der Waals surface area contributed by atoms with Gasteiger partial charge in [-0.1, -0.05) is 23.7 Å². The van der Waals surface area contributed by atoms with Gasteiger partial charge >= 0.3 is 11.9 Å². The summed E-state index contributed by atoms with van der Waals surface area (Å²) in [7, 11) is 1.87. The van der Waals surface area contributed by atoms with Gasteiger partial charge in [0.25, 0.3) is 0 Å². The quantitative estimate of drug-likeness (QED) is 0.263. The maximum absolute atomic E-state index is 14.1. The Balaban J connectivity index is 0.000000440. The number of likely N-dealkylation sites (tertiary alicyclic amines) is 1. The van der Waals surface area contributed by atoms with Crippen molar-refractivity contribution in [2.75, 3.05) is 20.1 Å². The van der Waals surface area contributed by atoms with Gasteiger partial charge in [-0.3, -0.25) is 0 Å². The summed E-state index contributed by atoms with van der Waals surface area (Å²) in [6.07, 6.45) is 1.74. The van der Waals surface area contributed by atoms with Gasteiger partial charge in [0.05, 0.1) is 0 Å². The number of hydrogen-bond acceptors (Lipinski definition) is 4.